The first kappa shape index (κ1) is 13.8. The Labute approximate surface area is 112 Å². The largest absolute Gasteiger partial charge is 0.480 e. The second-order valence-corrected chi connectivity index (χ2v) is 6.02. The van der Waals surface area contributed by atoms with Crippen LogP contribution in [0.5, 0.6) is 0 Å². The summed E-state index contributed by atoms with van der Waals surface area (Å²) >= 11 is 0. The molecule has 2 aliphatic heterocycles. The van der Waals surface area contributed by atoms with E-state index >= 15 is 0 Å². The average Bonchev–Trinajstić information content (AvgIpc) is 2.72. The summed E-state index contributed by atoms with van der Waals surface area (Å²) in [5.41, 5.74) is -0.442. The molecule has 19 heavy (non-hydrogen) atoms. The Bertz CT molecular complexity index is 419. The number of nitrogens with zero attached hydrogens (tertiary/aromatic N) is 1. The highest BCUT2D eigenvalue weighted by Crippen LogP contribution is 2.36. The molecule has 2 saturated heterocycles. The van der Waals surface area contributed by atoms with Gasteiger partial charge in [0.05, 0.1) is 0 Å². The zero-order chi connectivity index (χ0) is 14.2. The van der Waals surface area contributed by atoms with Crippen LogP contribution in [0.3, 0.4) is 0 Å². The molecule has 0 aromatic rings. The molecule has 0 aliphatic carbocycles. The molecule has 6 nitrogen and oxygen atoms in total. The molecule has 2 rings (SSSR count). The van der Waals surface area contributed by atoms with Gasteiger partial charge in [0.25, 0.3) is 0 Å². The smallest absolute Gasteiger partial charge is 0.326 e. The Hall–Kier alpha value is -1.59. The molecule has 6 heteroatoms. The maximum Gasteiger partial charge on any atom is 0.326 e. The van der Waals surface area contributed by atoms with Crippen molar-refractivity contribution in [2.45, 2.75) is 51.6 Å². The monoisotopic (exact) mass is 268 g/mol. The number of likely N-dealkylation sites (tertiary alicyclic amines) is 1. The fraction of sp³-hybridized carbons (Fsp3) is 0.769. The molecule has 2 fully saturated rings. The molecule has 0 bridgehead atoms. The molecule has 2 aliphatic rings. The van der Waals surface area contributed by atoms with Gasteiger partial charge in [-0.05, 0) is 24.7 Å². The van der Waals surface area contributed by atoms with Crippen LogP contribution in [0, 0.1) is 5.41 Å². The normalized spacial score (nSPS) is 30.0. The third-order valence-electron chi connectivity index (χ3n) is 4.08. The zero-order valence-electron chi connectivity index (χ0n) is 11.3. The summed E-state index contributed by atoms with van der Waals surface area (Å²) < 4.78 is 0. The van der Waals surface area contributed by atoms with Gasteiger partial charge < -0.3 is 15.3 Å². The number of hydrogen-bond donors (Lipinski definition) is 2. The Balaban J connectivity index is 2.19. The number of hydrogen-bond acceptors (Lipinski definition) is 3. The van der Waals surface area contributed by atoms with Crippen molar-refractivity contribution in [1.29, 1.82) is 0 Å². The quantitative estimate of drug-likeness (QED) is 0.757. The third-order valence-corrected chi connectivity index (χ3v) is 4.08. The van der Waals surface area contributed by atoms with Gasteiger partial charge in [-0.3, -0.25) is 9.59 Å². The maximum atomic E-state index is 12.4. The van der Waals surface area contributed by atoms with Crippen molar-refractivity contribution in [3.05, 3.63) is 0 Å². The molecular formula is C13H20N2O4. The summed E-state index contributed by atoms with van der Waals surface area (Å²) in [7, 11) is 0. The van der Waals surface area contributed by atoms with Gasteiger partial charge in [0.1, 0.15) is 12.1 Å². The molecule has 2 heterocycles. The Morgan fingerprint density at radius 1 is 1.42 bits per heavy atom. The number of amides is 2. The van der Waals surface area contributed by atoms with Crippen molar-refractivity contribution in [1.82, 2.24) is 10.2 Å². The number of piperidine rings is 1. The van der Waals surface area contributed by atoms with Crippen LogP contribution in [-0.4, -0.2) is 46.4 Å². The van der Waals surface area contributed by atoms with Crippen molar-refractivity contribution < 1.29 is 19.5 Å². The molecule has 0 aromatic heterocycles. The number of carboxylic acid groups (broad SMARTS) is 1. The molecule has 0 spiro atoms. The van der Waals surface area contributed by atoms with Crippen molar-refractivity contribution in [2.75, 3.05) is 6.54 Å². The minimum absolute atomic E-state index is 0.138. The van der Waals surface area contributed by atoms with Gasteiger partial charge in [0.15, 0.2) is 0 Å². The highest BCUT2D eigenvalue weighted by Gasteiger charge is 2.46. The van der Waals surface area contributed by atoms with Crippen LogP contribution in [0.15, 0.2) is 0 Å². The Morgan fingerprint density at radius 2 is 2.11 bits per heavy atom. The van der Waals surface area contributed by atoms with E-state index in [1.807, 2.05) is 13.8 Å². The summed E-state index contributed by atoms with van der Waals surface area (Å²) in [4.78, 5) is 36.5. The van der Waals surface area contributed by atoms with Gasteiger partial charge >= 0.3 is 5.97 Å². The third kappa shape index (κ3) is 2.57. The number of rotatable bonds is 2. The van der Waals surface area contributed by atoms with Crippen LogP contribution in [0.4, 0.5) is 0 Å². The second-order valence-electron chi connectivity index (χ2n) is 6.02. The topological polar surface area (TPSA) is 86.7 Å². The molecule has 1 unspecified atom stereocenters. The Kier molecular flexibility index (Phi) is 3.52. The van der Waals surface area contributed by atoms with Crippen LogP contribution in [0.1, 0.15) is 39.5 Å². The van der Waals surface area contributed by atoms with E-state index < -0.39 is 23.5 Å². The van der Waals surface area contributed by atoms with E-state index in [0.717, 1.165) is 12.8 Å². The van der Waals surface area contributed by atoms with Crippen molar-refractivity contribution in [2.24, 2.45) is 5.41 Å². The molecule has 2 amide bonds. The van der Waals surface area contributed by atoms with E-state index in [4.69, 9.17) is 0 Å². The van der Waals surface area contributed by atoms with Crippen LogP contribution in [0.2, 0.25) is 0 Å². The van der Waals surface area contributed by atoms with Gasteiger partial charge in [-0.25, -0.2) is 4.79 Å². The summed E-state index contributed by atoms with van der Waals surface area (Å²) in [5, 5.41) is 12.0. The SMILES string of the molecule is CC1(C)CCCN(C(=O)[C@@H]2CCC(=O)N2)C1C(=O)O. The lowest BCUT2D eigenvalue weighted by atomic mass is 9.76. The number of aliphatic carboxylic acids is 1. The van der Waals surface area contributed by atoms with Gasteiger partial charge in [-0.15, -0.1) is 0 Å². The summed E-state index contributed by atoms with van der Waals surface area (Å²) in [6.07, 6.45) is 2.38. The van der Waals surface area contributed by atoms with Gasteiger partial charge in [0, 0.05) is 13.0 Å². The number of carboxylic acids is 1. The first-order valence-corrected chi connectivity index (χ1v) is 6.65. The van der Waals surface area contributed by atoms with Crippen LogP contribution < -0.4 is 5.32 Å². The number of carbonyl (C=O) groups is 3. The van der Waals surface area contributed by atoms with Gasteiger partial charge in [-0.2, -0.15) is 0 Å². The van der Waals surface area contributed by atoms with E-state index in [2.05, 4.69) is 5.32 Å². The van der Waals surface area contributed by atoms with Crippen molar-refractivity contribution in [3.8, 4) is 0 Å². The van der Waals surface area contributed by atoms with E-state index in [1.54, 1.807) is 0 Å². The molecule has 0 aromatic carbocycles. The average molecular weight is 268 g/mol. The van der Waals surface area contributed by atoms with E-state index in [0.29, 0.717) is 19.4 Å². The lowest BCUT2D eigenvalue weighted by Crippen LogP contribution is -2.59. The van der Waals surface area contributed by atoms with Crippen LogP contribution in [0.25, 0.3) is 0 Å². The highest BCUT2D eigenvalue weighted by atomic mass is 16.4. The fourth-order valence-electron chi connectivity index (χ4n) is 3.10. The van der Waals surface area contributed by atoms with Crippen LogP contribution in [-0.2, 0) is 14.4 Å². The number of carbonyl (C=O) groups excluding carboxylic acids is 2. The van der Waals surface area contributed by atoms with E-state index in [9.17, 15) is 19.5 Å². The predicted molar refractivity (Wildman–Crippen MR) is 67.3 cm³/mol. The van der Waals surface area contributed by atoms with Gasteiger partial charge in [-0.1, -0.05) is 13.8 Å². The first-order valence-electron chi connectivity index (χ1n) is 6.65. The molecule has 2 atom stereocenters. The predicted octanol–water partition coefficient (Wildman–Crippen LogP) is 0.367. The second kappa shape index (κ2) is 4.83. The molecule has 0 radical (unpaired) electrons. The fourth-order valence-corrected chi connectivity index (χ4v) is 3.10. The Morgan fingerprint density at radius 3 is 2.63 bits per heavy atom. The summed E-state index contributed by atoms with van der Waals surface area (Å²) in [5.74, 6) is -1.37. The molecule has 2 N–H and O–H groups in total. The summed E-state index contributed by atoms with van der Waals surface area (Å²) in [6, 6.07) is -1.37. The van der Waals surface area contributed by atoms with Crippen molar-refractivity contribution >= 4 is 17.8 Å². The zero-order valence-corrected chi connectivity index (χ0v) is 11.3. The van der Waals surface area contributed by atoms with Crippen LogP contribution >= 0.6 is 0 Å². The lowest BCUT2D eigenvalue weighted by Gasteiger charge is -2.44. The molecular weight excluding hydrogens is 248 g/mol. The minimum atomic E-state index is -0.970. The lowest BCUT2D eigenvalue weighted by molar-refractivity contribution is -0.159. The van der Waals surface area contributed by atoms with Crippen molar-refractivity contribution in [3.63, 3.8) is 0 Å². The molecule has 106 valence electrons. The maximum absolute atomic E-state index is 12.4. The number of nitrogens with one attached hydrogen (secondary N) is 1. The highest BCUT2D eigenvalue weighted by molar-refractivity contribution is 5.93. The van der Waals surface area contributed by atoms with Gasteiger partial charge in [0.2, 0.25) is 11.8 Å². The minimum Gasteiger partial charge on any atom is -0.480 e. The first-order chi connectivity index (χ1) is 8.83. The molecule has 0 saturated carbocycles. The standard InChI is InChI=1S/C13H20N2O4/c1-13(2)6-3-7-15(10(13)12(18)19)11(17)8-4-5-9(16)14-8/h8,10H,3-7H2,1-2H3,(H,14,16)(H,18,19)/t8-,10?/m0/s1. The van der Waals surface area contributed by atoms with E-state index in [-0.39, 0.29) is 11.8 Å². The van der Waals surface area contributed by atoms with E-state index in [1.165, 1.54) is 4.90 Å². The summed E-state index contributed by atoms with van der Waals surface area (Å²) in [6.45, 7) is 4.20.